The quantitative estimate of drug-likeness (QED) is 0.755. The van der Waals surface area contributed by atoms with Gasteiger partial charge in [-0.25, -0.2) is 9.78 Å². The lowest BCUT2D eigenvalue weighted by atomic mass is 10.1. The van der Waals surface area contributed by atoms with Gasteiger partial charge in [0, 0.05) is 5.69 Å². The number of aromatic nitrogens is 1. The molecule has 1 aromatic rings. The highest BCUT2D eigenvalue weighted by atomic mass is 19.4. The number of aryl methyl sites for hydroxylation is 1. The van der Waals surface area contributed by atoms with Gasteiger partial charge in [-0.05, 0) is 13.0 Å². The van der Waals surface area contributed by atoms with Crippen LogP contribution < -0.4 is 5.73 Å². The van der Waals surface area contributed by atoms with Gasteiger partial charge < -0.3 is 10.8 Å². The van der Waals surface area contributed by atoms with Crippen molar-refractivity contribution in [3.05, 3.63) is 23.0 Å². The highest BCUT2D eigenvalue weighted by molar-refractivity contribution is 5.94. The predicted octanol–water partition coefficient (Wildman–Crippen LogP) is 1.69. The number of hydrogen-bond acceptors (Lipinski definition) is 3. The van der Waals surface area contributed by atoms with Crippen LogP contribution in [0.3, 0.4) is 0 Å². The Morgan fingerprint density at radius 3 is 2.47 bits per heavy atom. The molecule has 0 fully saturated rings. The molecule has 82 valence electrons. The molecule has 15 heavy (non-hydrogen) atoms. The Balaban J connectivity index is 3.49. The summed E-state index contributed by atoms with van der Waals surface area (Å²) >= 11 is 0. The Kier molecular flexibility index (Phi) is 2.57. The van der Waals surface area contributed by atoms with Crippen molar-refractivity contribution < 1.29 is 23.1 Å². The van der Waals surface area contributed by atoms with Gasteiger partial charge >= 0.3 is 12.1 Å². The van der Waals surface area contributed by atoms with Crippen LogP contribution in [0.25, 0.3) is 0 Å². The van der Waals surface area contributed by atoms with Crippen molar-refractivity contribution in [2.24, 2.45) is 0 Å². The van der Waals surface area contributed by atoms with Crippen LogP contribution in [0.15, 0.2) is 6.07 Å². The number of carboxylic acids is 1. The number of carbonyl (C=O) groups is 1. The third-order valence-corrected chi connectivity index (χ3v) is 1.69. The van der Waals surface area contributed by atoms with Crippen molar-refractivity contribution in [1.82, 2.24) is 4.98 Å². The lowest BCUT2D eigenvalue weighted by Crippen LogP contribution is -2.16. The van der Waals surface area contributed by atoms with Gasteiger partial charge in [0.1, 0.15) is 0 Å². The molecule has 0 saturated carbocycles. The van der Waals surface area contributed by atoms with E-state index in [-0.39, 0.29) is 5.69 Å². The average molecular weight is 220 g/mol. The number of alkyl halides is 3. The Hall–Kier alpha value is -1.79. The molecular weight excluding hydrogens is 213 g/mol. The molecule has 0 bridgehead atoms. The normalized spacial score (nSPS) is 11.5. The van der Waals surface area contributed by atoms with Gasteiger partial charge in [-0.1, -0.05) is 0 Å². The number of carboxylic acid groups (broad SMARTS) is 1. The van der Waals surface area contributed by atoms with E-state index in [0.29, 0.717) is 0 Å². The molecule has 3 N–H and O–H groups in total. The fourth-order valence-corrected chi connectivity index (χ4v) is 1.08. The maximum absolute atomic E-state index is 12.3. The standard InChI is InChI=1S/C8H7F3N2O2/c1-3-2-4(7(14)15)5(12)6(13-3)8(9,10)11/h2H,12H2,1H3,(H,14,15). The molecule has 0 aliphatic carbocycles. The molecule has 0 amide bonds. The molecule has 0 spiro atoms. The van der Waals surface area contributed by atoms with E-state index in [9.17, 15) is 18.0 Å². The first-order valence-electron chi connectivity index (χ1n) is 3.81. The van der Waals surface area contributed by atoms with Crippen molar-refractivity contribution in [2.75, 3.05) is 5.73 Å². The zero-order chi connectivity index (χ0) is 11.8. The third kappa shape index (κ3) is 2.17. The Bertz CT molecular complexity index is 415. The molecule has 0 saturated heterocycles. The number of nitrogen functional groups attached to an aromatic ring is 1. The minimum Gasteiger partial charge on any atom is -0.478 e. The topological polar surface area (TPSA) is 76.2 Å². The zero-order valence-electron chi connectivity index (χ0n) is 7.59. The van der Waals surface area contributed by atoms with Crippen LogP contribution in [-0.2, 0) is 6.18 Å². The van der Waals surface area contributed by atoms with Gasteiger partial charge in [-0.15, -0.1) is 0 Å². The number of aromatic carboxylic acids is 1. The maximum Gasteiger partial charge on any atom is 0.435 e. The molecule has 4 nitrogen and oxygen atoms in total. The van der Waals surface area contributed by atoms with Crippen LogP contribution in [0, 0.1) is 6.92 Å². The summed E-state index contributed by atoms with van der Waals surface area (Å²) in [4.78, 5) is 13.8. The summed E-state index contributed by atoms with van der Waals surface area (Å²) in [5.74, 6) is -1.51. The first-order valence-corrected chi connectivity index (χ1v) is 3.81. The number of nitrogens with two attached hydrogens (primary N) is 1. The second-order valence-corrected chi connectivity index (χ2v) is 2.88. The zero-order valence-corrected chi connectivity index (χ0v) is 7.59. The minimum absolute atomic E-state index is 0.0473. The van der Waals surface area contributed by atoms with Gasteiger partial charge in [0.25, 0.3) is 0 Å². The summed E-state index contributed by atoms with van der Waals surface area (Å²) in [6.07, 6.45) is -4.75. The van der Waals surface area contributed by atoms with E-state index in [1.54, 1.807) is 0 Å². The highest BCUT2D eigenvalue weighted by Gasteiger charge is 2.36. The third-order valence-electron chi connectivity index (χ3n) is 1.69. The largest absolute Gasteiger partial charge is 0.478 e. The molecule has 1 heterocycles. The Labute approximate surface area is 82.5 Å². The number of nitrogens with zero attached hydrogens (tertiary/aromatic N) is 1. The fourth-order valence-electron chi connectivity index (χ4n) is 1.08. The van der Waals surface area contributed by atoms with Crippen LogP contribution in [0.1, 0.15) is 21.7 Å². The second-order valence-electron chi connectivity index (χ2n) is 2.88. The first-order chi connectivity index (χ1) is 6.73. The lowest BCUT2D eigenvalue weighted by Gasteiger charge is -2.11. The van der Waals surface area contributed by atoms with E-state index in [1.165, 1.54) is 6.92 Å². The summed E-state index contributed by atoms with van der Waals surface area (Å²) in [6, 6.07) is 0.993. The number of rotatable bonds is 1. The number of hydrogen-bond donors (Lipinski definition) is 2. The molecule has 0 aliphatic rings. The average Bonchev–Trinajstić information content (AvgIpc) is 2.06. The summed E-state index contributed by atoms with van der Waals surface area (Å²) in [6.45, 7) is 1.27. The SMILES string of the molecule is Cc1cc(C(=O)O)c(N)c(C(F)(F)F)n1. The van der Waals surface area contributed by atoms with Crippen LogP contribution in [0.2, 0.25) is 0 Å². The number of pyridine rings is 1. The van der Waals surface area contributed by atoms with Crippen molar-refractivity contribution in [2.45, 2.75) is 13.1 Å². The lowest BCUT2D eigenvalue weighted by molar-refractivity contribution is -0.140. The van der Waals surface area contributed by atoms with Crippen LogP contribution >= 0.6 is 0 Å². The van der Waals surface area contributed by atoms with Gasteiger partial charge in [0.15, 0.2) is 5.69 Å². The molecule has 0 aromatic carbocycles. The molecule has 0 atom stereocenters. The minimum atomic E-state index is -4.75. The van der Waals surface area contributed by atoms with E-state index in [0.717, 1.165) is 6.07 Å². The monoisotopic (exact) mass is 220 g/mol. The first kappa shape index (κ1) is 11.3. The van der Waals surface area contributed by atoms with Gasteiger partial charge in [-0.3, -0.25) is 0 Å². The van der Waals surface area contributed by atoms with E-state index in [2.05, 4.69) is 4.98 Å². The maximum atomic E-state index is 12.3. The van der Waals surface area contributed by atoms with Crippen molar-refractivity contribution >= 4 is 11.7 Å². The van der Waals surface area contributed by atoms with E-state index in [1.807, 2.05) is 0 Å². The van der Waals surface area contributed by atoms with Crippen molar-refractivity contribution in [3.63, 3.8) is 0 Å². The highest BCUT2D eigenvalue weighted by Crippen LogP contribution is 2.33. The van der Waals surface area contributed by atoms with Crippen molar-refractivity contribution in [3.8, 4) is 0 Å². The summed E-state index contributed by atoms with van der Waals surface area (Å²) in [7, 11) is 0. The summed E-state index contributed by atoms with van der Waals surface area (Å²) in [5, 5.41) is 8.61. The fraction of sp³-hybridized carbons (Fsp3) is 0.250. The molecule has 7 heteroatoms. The molecule has 1 rings (SSSR count). The molecular formula is C8H7F3N2O2. The smallest absolute Gasteiger partial charge is 0.435 e. The molecule has 0 radical (unpaired) electrons. The Morgan fingerprint density at radius 2 is 2.07 bits per heavy atom. The van der Waals surface area contributed by atoms with Crippen LogP contribution in [0.5, 0.6) is 0 Å². The molecule has 0 unspecified atom stereocenters. The van der Waals surface area contributed by atoms with Gasteiger partial charge in [0.05, 0.1) is 11.3 Å². The number of anilines is 1. The van der Waals surface area contributed by atoms with Gasteiger partial charge in [0.2, 0.25) is 0 Å². The molecule has 0 aliphatic heterocycles. The summed E-state index contributed by atoms with van der Waals surface area (Å²) < 4.78 is 37.0. The van der Waals surface area contributed by atoms with Crippen molar-refractivity contribution in [1.29, 1.82) is 0 Å². The predicted molar refractivity (Wildman–Crippen MR) is 45.3 cm³/mol. The second kappa shape index (κ2) is 3.41. The van der Waals surface area contributed by atoms with E-state index < -0.39 is 29.1 Å². The van der Waals surface area contributed by atoms with Crippen LogP contribution in [-0.4, -0.2) is 16.1 Å². The Morgan fingerprint density at radius 1 is 1.53 bits per heavy atom. The van der Waals surface area contributed by atoms with E-state index >= 15 is 0 Å². The van der Waals surface area contributed by atoms with Crippen LogP contribution in [0.4, 0.5) is 18.9 Å². The van der Waals surface area contributed by atoms with Gasteiger partial charge in [-0.2, -0.15) is 13.2 Å². The molecule has 1 aromatic heterocycles. The summed E-state index contributed by atoms with van der Waals surface area (Å²) in [5.41, 5.74) is 2.22. The number of halogens is 3. The van der Waals surface area contributed by atoms with E-state index in [4.69, 9.17) is 10.8 Å².